The fourth-order valence-electron chi connectivity index (χ4n) is 8.71. The van der Waals surface area contributed by atoms with Crippen LogP contribution in [0.3, 0.4) is 0 Å². The maximum Gasteiger partial charge on any atom is 0.318 e. The van der Waals surface area contributed by atoms with Crippen molar-refractivity contribution in [3.63, 3.8) is 0 Å². The smallest absolute Gasteiger partial charge is 0.318 e. The quantitative estimate of drug-likeness (QED) is 0.233. The summed E-state index contributed by atoms with van der Waals surface area (Å²) in [5, 5.41) is 12.6. The first-order valence-electron chi connectivity index (χ1n) is 17.2. The largest absolute Gasteiger partial charge is 0.490 e. The Kier molecular flexibility index (Phi) is 8.12. The number of likely N-dealkylation sites (N-methyl/N-ethyl adjacent to an activating group) is 1. The molecule has 0 radical (unpaired) electrons. The maximum atomic E-state index is 16.8. The van der Waals surface area contributed by atoms with Crippen molar-refractivity contribution < 1.29 is 27.8 Å². The molecule has 2 aliphatic carbocycles. The molecule has 5 aliphatic rings. The van der Waals surface area contributed by atoms with Crippen LogP contribution >= 0.6 is 11.3 Å². The van der Waals surface area contributed by atoms with Gasteiger partial charge < -0.3 is 30.1 Å². The van der Waals surface area contributed by atoms with Gasteiger partial charge in [0, 0.05) is 47.6 Å². The van der Waals surface area contributed by atoms with Gasteiger partial charge in [-0.1, -0.05) is 6.07 Å². The van der Waals surface area contributed by atoms with E-state index in [1.807, 2.05) is 0 Å². The number of alkyl halides is 1. The monoisotopic (exact) mass is 696 g/mol. The van der Waals surface area contributed by atoms with Crippen LogP contribution in [0, 0.1) is 11.6 Å². The number of aliphatic hydroxyl groups is 1. The summed E-state index contributed by atoms with van der Waals surface area (Å²) in [6.45, 7) is 4.33. The number of fused-ring (bicyclic) bond motifs is 4. The number of thiophene rings is 1. The number of nitrogen functional groups attached to an aromatic ring is 1. The first kappa shape index (κ1) is 32.8. The number of hydrogen-bond donors (Lipinski definition) is 2. The van der Waals surface area contributed by atoms with E-state index in [9.17, 15) is 13.9 Å². The molecule has 5 heterocycles. The van der Waals surface area contributed by atoms with Crippen LogP contribution < -0.4 is 20.1 Å². The van der Waals surface area contributed by atoms with Gasteiger partial charge in [-0.15, -0.1) is 11.3 Å². The molecule has 1 saturated carbocycles. The van der Waals surface area contributed by atoms with Gasteiger partial charge in [-0.25, -0.2) is 13.2 Å². The highest BCUT2D eigenvalue weighted by atomic mass is 32.1. The number of benzene rings is 2. The minimum Gasteiger partial charge on any atom is -0.490 e. The van der Waals surface area contributed by atoms with Crippen molar-refractivity contribution in [2.45, 2.75) is 81.8 Å². The Morgan fingerprint density at radius 3 is 2.65 bits per heavy atom. The van der Waals surface area contributed by atoms with E-state index in [1.165, 1.54) is 37.4 Å². The topological polar surface area (TPSA) is 100 Å². The third kappa shape index (κ3) is 5.13. The Hall–Kier alpha value is -3.39. The Labute approximate surface area is 287 Å². The highest BCUT2D eigenvalue weighted by molar-refractivity contribution is 7.23. The lowest BCUT2D eigenvalue weighted by Crippen LogP contribution is -2.61. The number of anilines is 2. The predicted octanol–water partition coefficient (Wildman–Crippen LogP) is 5.91. The van der Waals surface area contributed by atoms with Crippen molar-refractivity contribution >= 4 is 43.1 Å². The molecule has 2 aromatic heterocycles. The fourth-order valence-corrected chi connectivity index (χ4v) is 9.73. The number of nitrogens with two attached hydrogens (primary N) is 1. The van der Waals surface area contributed by atoms with E-state index in [2.05, 4.69) is 33.8 Å². The summed E-state index contributed by atoms with van der Waals surface area (Å²) in [4.78, 5) is 15.8. The molecule has 3 fully saturated rings. The molecule has 262 valence electrons. The average Bonchev–Trinajstić information content (AvgIpc) is 3.70. The lowest BCUT2D eigenvalue weighted by atomic mass is 9.75. The number of halogens is 3. The van der Waals surface area contributed by atoms with Gasteiger partial charge in [0.25, 0.3) is 0 Å². The second-order valence-electron chi connectivity index (χ2n) is 14.5. The number of aliphatic hydroxyl groups excluding tert-OH is 1. The zero-order valence-corrected chi connectivity index (χ0v) is 29.2. The minimum atomic E-state index is -0.763. The lowest BCUT2D eigenvalue weighted by Gasteiger charge is -2.51. The Morgan fingerprint density at radius 1 is 1.18 bits per heavy atom. The molecule has 4 aromatic rings. The van der Waals surface area contributed by atoms with E-state index in [-0.39, 0.29) is 35.9 Å². The van der Waals surface area contributed by atoms with Gasteiger partial charge in [0.1, 0.15) is 35.7 Å². The van der Waals surface area contributed by atoms with Crippen molar-refractivity contribution in [1.82, 2.24) is 19.8 Å². The lowest BCUT2D eigenvalue weighted by molar-refractivity contribution is 0.0553. The molecule has 4 unspecified atom stereocenters. The number of rotatable bonds is 5. The molecule has 49 heavy (non-hydrogen) atoms. The molecule has 0 spiro atoms. The molecule has 2 saturated heterocycles. The van der Waals surface area contributed by atoms with E-state index in [4.69, 9.17) is 20.2 Å². The molecule has 9 nitrogen and oxygen atoms in total. The number of methoxy groups -OCH3 is 1. The normalized spacial score (nSPS) is 24.2. The standard InChI is InChI=1S/C29H31F2N5O3S.C7H12FN/c1-13(37)18-11-39-24-15-10-16-20-14(6-7-17(30)25(20)40-26(16)32)19(15)22(31)23-21(24)27(34-28(33-23)38-4)36(18)12-29(35(2)3)8-5-9-29;8-6-4-7-2-1-3-9(7)5-6/h6-7,13,18,37H,5,8-12,32H2,1-4H3;6-7H,1-5H2. The SMILES string of the molecule is COc1nc2c3c(c4c(c(F)c3n1)-c1ccc(F)c3sc(N)c(c13)C4)OCC(C(C)O)N2CC1(N(C)C)CCC1.FC1CC2CCCN2C1. The van der Waals surface area contributed by atoms with Crippen molar-refractivity contribution in [2.75, 3.05) is 58.1 Å². The van der Waals surface area contributed by atoms with Crippen LogP contribution in [0.15, 0.2) is 12.1 Å². The van der Waals surface area contributed by atoms with E-state index < -0.39 is 24.1 Å². The zero-order chi connectivity index (χ0) is 34.4. The Bertz CT molecular complexity index is 1940. The van der Waals surface area contributed by atoms with Gasteiger partial charge in [-0.2, -0.15) is 9.97 Å². The molecular weight excluding hydrogens is 653 g/mol. The minimum absolute atomic E-state index is 0.0246. The van der Waals surface area contributed by atoms with Gasteiger partial charge in [-0.3, -0.25) is 4.90 Å². The van der Waals surface area contributed by atoms with Crippen LogP contribution in [0.5, 0.6) is 11.8 Å². The highest BCUT2D eigenvalue weighted by Crippen LogP contribution is 2.54. The molecule has 4 atom stereocenters. The maximum absolute atomic E-state index is 16.8. The molecule has 3 N–H and O–H groups in total. The highest BCUT2D eigenvalue weighted by Gasteiger charge is 2.45. The van der Waals surface area contributed by atoms with Gasteiger partial charge in [0.2, 0.25) is 0 Å². The number of ether oxygens (including phenoxy) is 2. The number of hydrogen-bond acceptors (Lipinski definition) is 10. The van der Waals surface area contributed by atoms with Crippen LogP contribution in [-0.2, 0) is 6.42 Å². The van der Waals surface area contributed by atoms with E-state index in [0.717, 1.165) is 37.8 Å². The summed E-state index contributed by atoms with van der Waals surface area (Å²) >= 11 is 1.17. The van der Waals surface area contributed by atoms with Crippen LogP contribution in [0.4, 0.5) is 24.0 Å². The Morgan fingerprint density at radius 2 is 1.98 bits per heavy atom. The Balaban J connectivity index is 0.000000334. The number of aromatic nitrogens is 2. The van der Waals surface area contributed by atoms with E-state index in [0.29, 0.717) is 67.9 Å². The molecule has 13 heteroatoms. The molecule has 9 rings (SSSR count). The third-order valence-electron chi connectivity index (χ3n) is 11.6. The van der Waals surface area contributed by atoms with Gasteiger partial charge in [0.05, 0.1) is 34.3 Å². The molecule has 0 bridgehead atoms. The van der Waals surface area contributed by atoms with E-state index >= 15 is 4.39 Å². The van der Waals surface area contributed by atoms with Crippen LogP contribution in [-0.4, -0.2) is 102 Å². The van der Waals surface area contributed by atoms with E-state index in [1.54, 1.807) is 13.0 Å². The summed E-state index contributed by atoms with van der Waals surface area (Å²) in [5.41, 5.74) is 8.63. The fraction of sp³-hybridized carbons (Fsp3) is 0.556. The summed E-state index contributed by atoms with van der Waals surface area (Å²) < 4.78 is 56.5. The molecule has 0 amide bonds. The summed E-state index contributed by atoms with van der Waals surface area (Å²) in [7, 11) is 5.58. The van der Waals surface area contributed by atoms with Crippen LogP contribution in [0.2, 0.25) is 0 Å². The first-order chi connectivity index (χ1) is 23.5. The zero-order valence-electron chi connectivity index (χ0n) is 28.4. The van der Waals surface area contributed by atoms with Crippen LogP contribution in [0.25, 0.3) is 32.1 Å². The van der Waals surface area contributed by atoms with Crippen molar-refractivity contribution in [3.05, 3.63) is 34.9 Å². The van der Waals surface area contributed by atoms with Crippen molar-refractivity contribution in [3.8, 4) is 22.9 Å². The molecular formula is C36H43F3N6O3S. The summed E-state index contributed by atoms with van der Waals surface area (Å²) in [5.74, 6) is 0.0270. The second kappa shape index (κ2) is 12.1. The third-order valence-corrected chi connectivity index (χ3v) is 12.7. The number of nitrogens with zero attached hydrogens (tertiary/aromatic N) is 5. The average molecular weight is 697 g/mol. The predicted molar refractivity (Wildman–Crippen MR) is 187 cm³/mol. The van der Waals surface area contributed by atoms with Crippen molar-refractivity contribution in [1.29, 1.82) is 0 Å². The second-order valence-corrected chi connectivity index (χ2v) is 15.6. The summed E-state index contributed by atoms with van der Waals surface area (Å²) in [6.07, 6.45) is 5.45. The summed E-state index contributed by atoms with van der Waals surface area (Å²) in [6, 6.07) is 3.14. The van der Waals surface area contributed by atoms with Gasteiger partial charge >= 0.3 is 6.01 Å². The molecule has 2 aromatic carbocycles. The van der Waals surface area contributed by atoms with Gasteiger partial charge in [0.15, 0.2) is 5.82 Å². The van der Waals surface area contributed by atoms with Crippen LogP contribution in [0.1, 0.15) is 56.6 Å². The van der Waals surface area contributed by atoms with Gasteiger partial charge in [-0.05, 0) is 83.3 Å². The first-order valence-corrected chi connectivity index (χ1v) is 18.1. The van der Waals surface area contributed by atoms with Crippen molar-refractivity contribution in [2.24, 2.45) is 0 Å². The molecule has 3 aliphatic heterocycles.